The predicted octanol–water partition coefficient (Wildman–Crippen LogP) is 0.392. The van der Waals surface area contributed by atoms with Gasteiger partial charge in [-0.3, -0.25) is 4.79 Å². The lowest BCUT2D eigenvalue weighted by Gasteiger charge is -2.30. The second-order valence-electron chi connectivity index (χ2n) is 3.60. The molecule has 0 aromatic carbocycles. The van der Waals surface area contributed by atoms with Crippen LogP contribution in [0.1, 0.15) is 19.3 Å². The van der Waals surface area contributed by atoms with Crippen LogP contribution in [0.5, 0.6) is 0 Å². The molecule has 12 heavy (non-hydrogen) atoms. The quantitative estimate of drug-likeness (QED) is 0.600. The molecule has 1 atom stereocenters. The molecule has 2 aliphatic rings. The van der Waals surface area contributed by atoms with Gasteiger partial charge in [-0.15, -0.1) is 12.4 Å². The summed E-state index contributed by atoms with van der Waals surface area (Å²) in [6.07, 6.45) is 2.93. The molecule has 3 nitrogen and oxygen atoms in total. The first kappa shape index (κ1) is 9.81. The molecule has 0 saturated carbocycles. The van der Waals surface area contributed by atoms with E-state index in [0.717, 1.165) is 32.4 Å². The van der Waals surface area contributed by atoms with Gasteiger partial charge in [0.25, 0.3) is 0 Å². The Kier molecular flexibility index (Phi) is 2.64. The van der Waals surface area contributed by atoms with Crippen LogP contribution in [0.15, 0.2) is 0 Å². The minimum atomic E-state index is 0. The largest absolute Gasteiger partial charge is 0.339 e. The highest BCUT2D eigenvalue weighted by Crippen LogP contribution is 2.33. The summed E-state index contributed by atoms with van der Waals surface area (Å²) in [7, 11) is 1.93. The van der Waals surface area contributed by atoms with Crippen molar-refractivity contribution >= 4 is 18.3 Å². The van der Waals surface area contributed by atoms with E-state index in [1.165, 1.54) is 0 Å². The van der Waals surface area contributed by atoms with Gasteiger partial charge < -0.3 is 10.2 Å². The van der Waals surface area contributed by atoms with Crippen LogP contribution >= 0.6 is 12.4 Å². The third-order valence-corrected chi connectivity index (χ3v) is 3.11. The molecule has 1 amide bonds. The van der Waals surface area contributed by atoms with Crippen molar-refractivity contribution in [2.45, 2.75) is 24.8 Å². The first-order valence-electron chi connectivity index (χ1n) is 4.22. The fourth-order valence-corrected chi connectivity index (χ4v) is 2.17. The fourth-order valence-electron chi connectivity index (χ4n) is 2.17. The SMILES string of the molecule is CN1C(=O)CCC12CCNC2.Cl. The van der Waals surface area contributed by atoms with Gasteiger partial charge in [0.15, 0.2) is 0 Å². The third kappa shape index (κ3) is 1.21. The van der Waals surface area contributed by atoms with E-state index in [2.05, 4.69) is 5.32 Å². The molecule has 0 bridgehead atoms. The number of nitrogens with one attached hydrogen (secondary N) is 1. The van der Waals surface area contributed by atoms with Crippen molar-refractivity contribution in [3.63, 3.8) is 0 Å². The van der Waals surface area contributed by atoms with Crippen LogP contribution in [0.25, 0.3) is 0 Å². The smallest absolute Gasteiger partial charge is 0.222 e. The monoisotopic (exact) mass is 190 g/mol. The minimum Gasteiger partial charge on any atom is -0.339 e. The summed E-state index contributed by atoms with van der Waals surface area (Å²) in [6.45, 7) is 2.06. The maximum absolute atomic E-state index is 11.2. The number of likely N-dealkylation sites (N-methyl/N-ethyl adjacent to an activating group) is 1. The number of carbonyl (C=O) groups excluding carboxylic acids is 1. The van der Waals surface area contributed by atoms with Gasteiger partial charge in [-0.25, -0.2) is 0 Å². The summed E-state index contributed by atoms with van der Waals surface area (Å²) < 4.78 is 0. The molecule has 1 unspecified atom stereocenters. The molecule has 1 N–H and O–H groups in total. The number of rotatable bonds is 0. The average Bonchev–Trinajstić information content (AvgIpc) is 2.56. The van der Waals surface area contributed by atoms with Crippen LogP contribution in [0.4, 0.5) is 0 Å². The average molecular weight is 191 g/mol. The highest BCUT2D eigenvalue weighted by atomic mass is 35.5. The van der Waals surface area contributed by atoms with Crippen molar-refractivity contribution in [2.75, 3.05) is 20.1 Å². The van der Waals surface area contributed by atoms with Crippen molar-refractivity contribution in [3.05, 3.63) is 0 Å². The molecule has 0 aliphatic carbocycles. The fraction of sp³-hybridized carbons (Fsp3) is 0.875. The van der Waals surface area contributed by atoms with E-state index in [1.807, 2.05) is 11.9 Å². The van der Waals surface area contributed by atoms with Crippen LogP contribution in [-0.2, 0) is 4.79 Å². The Balaban J connectivity index is 0.000000720. The number of hydrogen-bond donors (Lipinski definition) is 1. The standard InChI is InChI=1S/C8H14N2O.ClH/c1-10-7(11)2-3-8(10)4-5-9-6-8;/h9H,2-6H2,1H3;1H. The normalized spacial score (nSPS) is 34.4. The number of halogens is 1. The Morgan fingerprint density at radius 1 is 1.50 bits per heavy atom. The summed E-state index contributed by atoms with van der Waals surface area (Å²) in [5, 5.41) is 3.31. The van der Waals surface area contributed by atoms with Gasteiger partial charge in [0.05, 0.1) is 5.54 Å². The zero-order valence-corrected chi connectivity index (χ0v) is 8.12. The van der Waals surface area contributed by atoms with Crippen LogP contribution in [-0.4, -0.2) is 36.5 Å². The minimum absolute atomic E-state index is 0. The van der Waals surface area contributed by atoms with E-state index in [0.29, 0.717) is 5.91 Å². The predicted molar refractivity (Wildman–Crippen MR) is 49.5 cm³/mol. The zero-order chi connectivity index (χ0) is 7.90. The molecule has 0 radical (unpaired) electrons. The van der Waals surface area contributed by atoms with E-state index in [-0.39, 0.29) is 17.9 Å². The summed E-state index contributed by atoms with van der Waals surface area (Å²) >= 11 is 0. The second kappa shape index (κ2) is 3.23. The van der Waals surface area contributed by atoms with Gasteiger partial charge in [-0.1, -0.05) is 0 Å². The number of likely N-dealkylation sites (tertiary alicyclic amines) is 1. The zero-order valence-electron chi connectivity index (χ0n) is 7.30. The summed E-state index contributed by atoms with van der Waals surface area (Å²) in [5.41, 5.74) is 0.192. The van der Waals surface area contributed by atoms with Crippen LogP contribution in [0, 0.1) is 0 Å². The first-order valence-corrected chi connectivity index (χ1v) is 4.22. The molecular weight excluding hydrogens is 176 g/mol. The molecule has 2 rings (SSSR count). The van der Waals surface area contributed by atoms with Gasteiger partial charge in [0.1, 0.15) is 0 Å². The number of carbonyl (C=O) groups is 1. The Hall–Kier alpha value is -0.280. The molecule has 2 heterocycles. The lowest BCUT2D eigenvalue weighted by Crippen LogP contribution is -2.44. The molecule has 0 aromatic rings. The Morgan fingerprint density at radius 2 is 2.25 bits per heavy atom. The Labute approximate surface area is 78.9 Å². The molecule has 2 saturated heterocycles. The van der Waals surface area contributed by atoms with Crippen LogP contribution < -0.4 is 5.32 Å². The highest BCUT2D eigenvalue weighted by molar-refractivity contribution is 5.85. The van der Waals surface area contributed by atoms with Gasteiger partial charge in [-0.2, -0.15) is 0 Å². The number of nitrogens with zero attached hydrogens (tertiary/aromatic N) is 1. The molecule has 70 valence electrons. The van der Waals surface area contributed by atoms with Gasteiger partial charge in [0.2, 0.25) is 5.91 Å². The highest BCUT2D eigenvalue weighted by Gasteiger charge is 2.44. The first-order chi connectivity index (χ1) is 5.25. The van der Waals surface area contributed by atoms with E-state index in [9.17, 15) is 4.79 Å². The summed E-state index contributed by atoms with van der Waals surface area (Å²) in [6, 6.07) is 0. The summed E-state index contributed by atoms with van der Waals surface area (Å²) in [5.74, 6) is 0.314. The van der Waals surface area contributed by atoms with Gasteiger partial charge in [-0.05, 0) is 19.4 Å². The molecule has 1 spiro atoms. The number of hydrogen-bond acceptors (Lipinski definition) is 2. The van der Waals surface area contributed by atoms with Gasteiger partial charge in [0, 0.05) is 20.0 Å². The van der Waals surface area contributed by atoms with E-state index in [4.69, 9.17) is 0 Å². The van der Waals surface area contributed by atoms with E-state index < -0.39 is 0 Å². The van der Waals surface area contributed by atoms with Crippen molar-refractivity contribution < 1.29 is 4.79 Å². The van der Waals surface area contributed by atoms with E-state index >= 15 is 0 Å². The van der Waals surface area contributed by atoms with E-state index in [1.54, 1.807) is 0 Å². The number of amides is 1. The summed E-state index contributed by atoms with van der Waals surface area (Å²) in [4.78, 5) is 13.2. The molecule has 2 aliphatic heterocycles. The van der Waals surface area contributed by atoms with Crippen molar-refractivity contribution in [1.82, 2.24) is 10.2 Å². The molecule has 0 aromatic heterocycles. The maximum atomic E-state index is 11.2. The van der Waals surface area contributed by atoms with Crippen LogP contribution in [0.2, 0.25) is 0 Å². The van der Waals surface area contributed by atoms with Gasteiger partial charge >= 0.3 is 0 Å². The lowest BCUT2D eigenvalue weighted by molar-refractivity contribution is -0.129. The van der Waals surface area contributed by atoms with Crippen molar-refractivity contribution in [1.29, 1.82) is 0 Å². The molecular formula is C8H15ClN2O. The second-order valence-corrected chi connectivity index (χ2v) is 3.60. The van der Waals surface area contributed by atoms with Crippen molar-refractivity contribution in [3.8, 4) is 0 Å². The Morgan fingerprint density at radius 3 is 2.67 bits per heavy atom. The van der Waals surface area contributed by atoms with Crippen molar-refractivity contribution in [2.24, 2.45) is 0 Å². The Bertz CT molecular complexity index is 189. The topological polar surface area (TPSA) is 32.3 Å². The van der Waals surface area contributed by atoms with Crippen LogP contribution in [0.3, 0.4) is 0 Å². The lowest BCUT2D eigenvalue weighted by atomic mass is 9.96. The molecule has 4 heteroatoms. The molecule has 2 fully saturated rings. The third-order valence-electron chi connectivity index (χ3n) is 3.11. The maximum Gasteiger partial charge on any atom is 0.222 e.